The fourth-order valence-corrected chi connectivity index (χ4v) is 5.33. The predicted molar refractivity (Wildman–Crippen MR) is 131 cm³/mol. The molecule has 0 aromatic heterocycles. The maximum atomic E-state index is 13.1. The Hall–Kier alpha value is -4.21. The zero-order valence-electron chi connectivity index (χ0n) is 20.0. The second kappa shape index (κ2) is 8.72. The van der Waals surface area contributed by atoms with Crippen LogP contribution in [0.25, 0.3) is 16.5 Å². The Labute approximate surface area is 211 Å². The zero-order valence-corrected chi connectivity index (χ0v) is 20.0. The second-order valence-electron chi connectivity index (χ2n) is 9.03. The lowest BCUT2D eigenvalue weighted by molar-refractivity contribution is -0.265. The van der Waals surface area contributed by atoms with Crippen LogP contribution >= 0.6 is 0 Å². The van der Waals surface area contributed by atoms with Crippen LogP contribution in [0.1, 0.15) is 15.9 Å². The molecule has 0 saturated carbocycles. The number of hydrogen-bond acceptors (Lipinski definition) is 8. The molecule has 3 aliphatic heterocycles. The minimum Gasteiger partial charge on any atom is -0.464 e. The standard InChI is InChI=1S/C28H23NO8/c1-33-26-23-22-20(25(31)35-23)14-21(36-28(22,37-26)27(32)34-2)16-9-5-10-17(13-16)29-24(30)19-12-6-8-15-7-3-4-11-18(15)19/h3-14,20,22-23,26H,1-2H3,(H,29,30)/t20-,22+,23-,26-,28+/m1/s1. The molecule has 2 fully saturated rings. The van der Waals surface area contributed by atoms with Gasteiger partial charge in [0, 0.05) is 23.9 Å². The van der Waals surface area contributed by atoms with Crippen molar-refractivity contribution in [1.29, 1.82) is 0 Å². The number of nitrogens with one attached hydrogen (secondary N) is 1. The summed E-state index contributed by atoms with van der Waals surface area (Å²) in [5.74, 6) is -4.84. The van der Waals surface area contributed by atoms with Crippen LogP contribution in [0.4, 0.5) is 5.69 Å². The molecular weight excluding hydrogens is 478 g/mol. The number of carbonyl (C=O) groups is 3. The van der Waals surface area contributed by atoms with E-state index in [2.05, 4.69) is 5.32 Å². The molecule has 0 bridgehead atoms. The van der Waals surface area contributed by atoms with Gasteiger partial charge in [-0.1, -0.05) is 48.5 Å². The SMILES string of the molecule is COC(=O)[C@@]12OC(c3cccc(NC(=O)c4cccc5ccccc45)c3)=C[C@H]3C(=O)O[C@@H]([C@H](OC)O1)[C@H]32. The Kier molecular flexibility index (Phi) is 5.47. The van der Waals surface area contributed by atoms with Crippen LogP contribution in [0.2, 0.25) is 0 Å². The molecular formula is C28H23NO8. The third-order valence-corrected chi connectivity index (χ3v) is 7.00. The van der Waals surface area contributed by atoms with Crippen LogP contribution in [-0.4, -0.2) is 50.2 Å². The van der Waals surface area contributed by atoms with Gasteiger partial charge in [0.05, 0.1) is 18.9 Å². The van der Waals surface area contributed by atoms with E-state index in [1.54, 1.807) is 36.4 Å². The maximum Gasteiger partial charge on any atom is 0.380 e. The molecule has 188 valence electrons. The lowest BCUT2D eigenvalue weighted by atomic mass is 9.81. The predicted octanol–water partition coefficient (Wildman–Crippen LogP) is 3.49. The van der Waals surface area contributed by atoms with Gasteiger partial charge in [-0.3, -0.25) is 14.3 Å². The molecule has 0 unspecified atom stereocenters. The average molecular weight is 501 g/mol. The summed E-state index contributed by atoms with van der Waals surface area (Å²) in [6, 6.07) is 20.1. The number of carbonyl (C=O) groups excluding carboxylic acids is 3. The van der Waals surface area contributed by atoms with Crippen molar-refractivity contribution in [2.75, 3.05) is 19.5 Å². The van der Waals surface area contributed by atoms with E-state index in [-0.39, 0.29) is 11.7 Å². The zero-order chi connectivity index (χ0) is 25.7. The summed E-state index contributed by atoms with van der Waals surface area (Å²) in [5.41, 5.74) is 1.56. The lowest BCUT2D eigenvalue weighted by Crippen LogP contribution is -2.52. The summed E-state index contributed by atoms with van der Waals surface area (Å²) in [7, 11) is 2.61. The van der Waals surface area contributed by atoms with Crippen molar-refractivity contribution in [3.05, 3.63) is 83.9 Å². The molecule has 1 N–H and O–H groups in total. The van der Waals surface area contributed by atoms with E-state index in [1.807, 2.05) is 36.4 Å². The number of rotatable bonds is 5. The first-order chi connectivity index (χ1) is 17.9. The first kappa shape index (κ1) is 23.2. The number of esters is 2. The van der Waals surface area contributed by atoms with Crippen molar-refractivity contribution < 1.29 is 38.1 Å². The molecule has 37 heavy (non-hydrogen) atoms. The number of methoxy groups -OCH3 is 2. The van der Waals surface area contributed by atoms with Gasteiger partial charge in [-0.25, -0.2) is 4.79 Å². The van der Waals surface area contributed by atoms with Crippen molar-refractivity contribution in [3.63, 3.8) is 0 Å². The van der Waals surface area contributed by atoms with Gasteiger partial charge in [-0.05, 0) is 35.0 Å². The summed E-state index contributed by atoms with van der Waals surface area (Å²) in [6.07, 6.45) is -0.191. The molecule has 1 amide bonds. The van der Waals surface area contributed by atoms with Crippen molar-refractivity contribution >= 4 is 40.1 Å². The Morgan fingerprint density at radius 2 is 1.78 bits per heavy atom. The monoisotopic (exact) mass is 501 g/mol. The van der Waals surface area contributed by atoms with Crippen molar-refractivity contribution in [1.82, 2.24) is 0 Å². The smallest absolute Gasteiger partial charge is 0.380 e. The molecule has 9 nitrogen and oxygen atoms in total. The van der Waals surface area contributed by atoms with Crippen LogP contribution in [0.15, 0.2) is 72.8 Å². The van der Waals surface area contributed by atoms with Gasteiger partial charge in [0.1, 0.15) is 5.76 Å². The number of amides is 1. The third kappa shape index (κ3) is 3.58. The molecule has 0 aliphatic carbocycles. The molecule has 3 aromatic rings. The quantitative estimate of drug-likeness (QED) is 0.529. The highest BCUT2D eigenvalue weighted by molar-refractivity contribution is 6.13. The topological polar surface area (TPSA) is 109 Å². The molecule has 3 heterocycles. The van der Waals surface area contributed by atoms with E-state index >= 15 is 0 Å². The molecule has 0 spiro atoms. The number of ether oxygens (including phenoxy) is 5. The minimum absolute atomic E-state index is 0.224. The van der Waals surface area contributed by atoms with Crippen LogP contribution in [0.5, 0.6) is 0 Å². The second-order valence-corrected chi connectivity index (χ2v) is 9.03. The van der Waals surface area contributed by atoms with Gasteiger partial charge < -0.3 is 24.3 Å². The van der Waals surface area contributed by atoms with Gasteiger partial charge in [-0.2, -0.15) is 0 Å². The summed E-state index contributed by atoms with van der Waals surface area (Å²) < 4.78 is 27.8. The fraction of sp³-hybridized carbons (Fsp3) is 0.250. The summed E-state index contributed by atoms with van der Waals surface area (Å²) in [5, 5.41) is 4.72. The first-order valence-corrected chi connectivity index (χ1v) is 11.7. The van der Waals surface area contributed by atoms with Crippen molar-refractivity contribution in [2.24, 2.45) is 11.8 Å². The van der Waals surface area contributed by atoms with Gasteiger partial charge >= 0.3 is 17.7 Å². The molecule has 3 aromatic carbocycles. The van der Waals surface area contributed by atoms with Crippen LogP contribution < -0.4 is 5.32 Å². The third-order valence-electron chi connectivity index (χ3n) is 7.00. The molecule has 3 aliphatic rings. The summed E-state index contributed by atoms with van der Waals surface area (Å²) in [4.78, 5) is 38.8. The van der Waals surface area contributed by atoms with Gasteiger partial charge in [0.25, 0.3) is 5.91 Å². The molecule has 9 heteroatoms. The first-order valence-electron chi connectivity index (χ1n) is 11.7. The Bertz CT molecular complexity index is 1460. The van der Waals surface area contributed by atoms with Crippen molar-refractivity contribution in [2.45, 2.75) is 18.2 Å². The van der Waals surface area contributed by atoms with E-state index in [4.69, 9.17) is 23.7 Å². The number of hydrogen-bond donors (Lipinski definition) is 1. The number of benzene rings is 3. The number of anilines is 1. The fourth-order valence-electron chi connectivity index (χ4n) is 5.33. The van der Waals surface area contributed by atoms with E-state index in [9.17, 15) is 14.4 Å². The summed E-state index contributed by atoms with van der Waals surface area (Å²) in [6.45, 7) is 0. The molecule has 0 radical (unpaired) electrons. The van der Waals surface area contributed by atoms with E-state index in [0.717, 1.165) is 10.8 Å². The van der Waals surface area contributed by atoms with Crippen LogP contribution in [-0.2, 0) is 33.3 Å². The van der Waals surface area contributed by atoms with E-state index < -0.39 is 42.0 Å². The largest absolute Gasteiger partial charge is 0.464 e. The summed E-state index contributed by atoms with van der Waals surface area (Å²) >= 11 is 0. The maximum absolute atomic E-state index is 13.1. The highest BCUT2D eigenvalue weighted by Crippen LogP contribution is 2.54. The van der Waals surface area contributed by atoms with E-state index in [0.29, 0.717) is 16.8 Å². The Morgan fingerprint density at radius 1 is 1.00 bits per heavy atom. The average Bonchev–Trinajstić information content (AvgIpc) is 3.44. The lowest BCUT2D eigenvalue weighted by Gasteiger charge is -2.36. The van der Waals surface area contributed by atoms with Gasteiger partial charge in [0.15, 0.2) is 12.4 Å². The van der Waals surface area contributed by atoms with Crippen LogP contribution in [0, 0.1) is 11.8 Å². The molecule has 5 atom stereocenters. The Balaban J connectivity index is 1.33. The van der Waals surface area contributed by atoms with Gasteiger partial charge in [0.2, 0.25) is 0 Å². The van der Waals surface area contributed by atoms with Crippen LogP contribution in [0.3, 0.4) is 0 Å². The molecule has 2 saturated heterocycles. The van der Waals surface area contributed by atoms with Crippen molar-refractivity contribution in [3.8, 4) is 0 Å². The number of fused-ring (bicyclic) bond motifs is 1. The normalized spacial score (nSPS) is 27.6. The van der Waals surface area contributed by atoms with E-state index in [1.165, 1.54) is 14.2 Å². The highest BCUT2D eigenvalue weighted by atomic mass is 16.8. The molecule has 6 rings (SSSR count). The van der Waals surface area contributed by atoms with Gasteiger partial charge in [-0.15, -0.1) is 0 Å². The Morgan fingerprint density at radius 3 is 2.59 bits per heavy atom. The minimum atomic E-state index is -1.91. The highest BCUT2D eigenvalue weighted by Gasteiger charge is 2.72.